The highest BCUT2D eigenvalue weighted by molar-refractivity contribution is 7.98. The van der Waals surface area contributed by atoms with E-state index in [0.717, 1.165) is 22.7 Å². The summed E-state index contributed by atoms with van der Waals surface area (Å²) in [6.07, 6.45) is 0. The van der Waals surface area contributed by atoms with Gasteiger partial charge in [0, 0.05) is 35.9 Å². The molecule has 1 fully saturated rings. The van der Waals surface area contributed by atoms with E-state index in [9.17, 15) is 9.59 Å². The minimum absolute atomic E-state index is 0.000388. The molecule has 0 radical (unpaired) electrons. The van der Waals surface area contributed by atoms with Crippen LogP contribution < -0.4 is 21.2 Å². The summed E-state index contributed by atoms with van der Waals surface area (Å²) in [7, 11) is 0. The number of hydrogen-bond acceptors (Lipinski definition) is 12. The average Bonchev–Trinajstić information content (AvgIpc) is 3.42. The van der Waals surface area contributed by atoms with Crippen LogP contribution in [0.5, 0.6) is 0 Å². The van der Waals surface area contributed by atoms with E-state index in [4.69, 9.17) is 13.6 Å². The van der Waals surface area contributed by atoms with Gasteiger partial charge in [0.05, 0.1) is 13.2 Å². The first-order valence-corrected chi connectivity index (χ1v) is 13.1. The molecule has 2 amide bonds. The van der Waals surface area contributed by atoms with Gasteiger partial charge in [0.15, 0.2) is 0 Å². The van der Waals surface area contributed by atoms with Gasteiger partial charge in [-0.05, 0) is 30.7 Å². The standard InChI is InChI=1S/C26H22N8O5S/c1-15-6-2-4-8-18(15)27-24(36)29-22-28-23(34-10-12-37-13-11-34)31-25(30-22)40-26-33-32-20(39-26)17-14-16-7-3-5-9-19(16)38-21(17)35/h2-9,14H,10-13H2,1H3,(H2,27,28,29,30,31,36). The SMILES string of the molecule is Cc1ccccc1NC(=O)Nc1nc(Sc2nnc(-c3cc4ccccc4oc3=O)o2)nc(N2CCOCC2)n1. The molecule has 1 aliphatic heterocycles. The van der Waals surface area contributed by atoms with E-state index < -0.39 is 11.7 Å². The number of fused-ring (bicyclic) bond motifs is 1. The molecular formula is C26H22N8O5S. The van der Waals surface area contributed by atoms with Crippen LogP contribution in [0.25, 0.3) is 22.4 Å². The number of urea groups is 1. The van der Waals surface area contributed by atoms with Crippen molar-refractivity contribution in [2.45, 2.75) is 17.3 Å². The first-order valence-electron chi connectivity index (χ1n) is 12.3. The molecule has 5 aromatic rings. The number of anilines is 3. The Morgan fingerprint density at radius 2 is 1.75 bits per heavy atom. The van der Waals surface area contributed by atoms with E-state index in [-0.39, 0.29) is 27.8 Å². The molecule has 0 bridgehead atoms. The van der Waals surface area contributed by atoms with Crippen molar-refractivity contribution in [3.63, 3.8) is 0 Å². The third-order valence-corrected chi connectivity index (χ3v) is 6.68. The van der Waals surface area contributed by atoms with Crippen LogP contribution in [0.4, 0.5) is 22.4 Å². The van der Waals surface area contributed by atoms with Crippen molar-refractivity contribution < 1.29 is 18.4 Å². The number of aryl methyl sites for hydroxylation is 1. The van der Waals surface area contributed by atoms with Gasteiger partial charge in [0.2, 0.25) is 17.1 Å². The van der Waals surface area contributed by atoms with E-state index in [0.29, 0.717) is 43.5 Å². The number of nitrogens with one attached hydrogen (secondary N) is 2. The highest BCUT2D eigenvalue weighted by atomic mass is 32.2. The van der Waals surface area contributed by atoms with Crippen molar-refractivity contribution in [1.29, 1.82) is 0 Å². The summed E-state index contributed by atoms with van der Waals surface area (Å²) in [5.41, 5.74) is 1.57. The molecule has 0 aliphatic carbocycles. The van der Waals surface area contributed by atoms with Crippen LogP contribution >= 0.6 is 11.8 Å². The van der Waals surface area contributed by atoms with Gasteiger partial charge in [-0.25, -0.2) is 9.59 Å². The second-order valence-corrected chi connectivity index (χ2v) is 9.61. The minimum atomic E-state index is -0.597. The minimum Gasteiger partial charge on any atom is -0.422 e. The summed E-state index contributed by atoms with van der Waals surface area (Å²) in [5.74, 6) is 0.405. The van der Waals surface area contributed by atoms with Crippen molar-refractivity contribution in [2.24, 2.45) is 0 Å². The number of carbonyl (C=O) groups is 1. The molecular weight excluding hydrogens is 536 g/mol. The maximum absolute atomic E-state index is 12.7. The van der Waals surface area contributed by atoms with E-state index in [1.54, 1.807) is 24.3 Å². The first kappa shape index (κ1) is 25.5. The lowest BCUT2D eigenvalue weighted by molar-refractivity contribution is 0.122. The molecule has 13 nitrogen and oxygen atoms in total. The average molecular weight is 559 g/mol. The van der Waals surface area contributed by atoms with Crippen LogP contribution in [0.15, 0.2) is 78.6 Å². The van der Waals surface area contributed by atoms with Gasteiger partial charge in [-0.15, -0.1) is 10.2 Å². The van der Waals surface area contributed by atoms with E-state index in [1.807, 2.05) is 42.2 Å². The predicted molar refractivity (Wildman–Crippen MR) is 147 cm³/mol. The molecule has 202 valence electrons. The number of ether oxygens (including phenoxy) is 1. The van der Waals surface area contributed by atoms with Crippen LogP contribution in [0.3, 0.4) is 0 Å². The lowest BCUT2D eigenvalue weighted by Gasteiger charge is -2.26. The number of para-hydroxylation sites is 2. The van der Waals surface area contributed by atoms with Gasteiger partial charge in [-0.1, -0.05) is 36.4 Å². The fourth-order valence-corrected chi connectivity index (χ4v) is 4.59. The van der Waals surface area contributed by atoms with Crippen molar-refractivity contribution in [3.05, 3.63) is 70.6 Å². The summed E-state index contributed by atoms with van der Waals surface area (Å²) < 4.78 is 16.6. The van der Waals surface area contributed by atoms with Gasteiger partial charge < -0.3 is 23.8 Å². The Hall–Kier alpha value is -4.82. The number of carbonyl (C=O) groups excluding carboxylic acids is 1. The molecule has 2 aromatic carbocycles. The molecule has 6 rings (SSSR count). The lowest BCUT2D eigenvalue weighted by atomic mass is 10.2. The monoisotopic (exact) mass is 558 g/mol. The second kappa shape index (κ2) is 11.1. The number of nitrogens with zero attached hydrogens (tertiary/aromatic N) is 6. The number of hydrogen-bond donors (Lipinski definition) is 2. The number of rotatable bonds is 6. The molecule has 4 heterocycles. The van der Waals surface area contributed by atoms with Crippen LogP contribution in [-0.4, -0.2) is 57.5 Å². The smallest absolute Gasteiger partial charge is 0.349 e. The summed E-state index contributed by atoms with van der Waals surface area (Å²) >= 11 is 0.974. The van der Waals surface area contributed by atoms with Gasteiger partial charge in [-0.3, -0.25) is 5.32 Å². The third-order valence-electron chi connectivity index (χ3n) is 5.97. The molecule has 0 saturated carbocycles. The van der Waals surface area contributed by atoms with E-state index in [1.165, 1.54) is 0 Å². The Balaban J connectivity index is 1.26. The summed E-state index contributed by atoms with van der Waals surface area (Å²) in [4.78, 5) is 40.5. The normalized spacial score (nSPS) is 13.4. The summed E-state index contributed by atoms with van der Waals surface area (Å²) in [6, 6.07) is 15.7. The van der Waals surface area contributed by atoms with Crippen LogP contribution in [0.1, 0.15) is 5.56 Å². The number of morpholine rings is 1. The van der Waals surface area contributed by atoms with Crippen molar-refractivity contribution >= 4 is 46.3 Å². The van der Waals surface area contributed by atoms with Gasteiger partial charge in [0.1, 0.15) is 11.1 Å². The number of amides is 2. The van der Waals surface area contributed by atoms with Crippen molar-refractivity contribution in [3.8, 4) is 11.5 Å². The van der Waals surface area contributed by atoms with Crippen LogP contribution in [0.2, 0.25) is 0 Å². The lowest BCUT2D eigenvalue weighted by Crippen LogP contribution is -2.37. The zero-order valence-electron chi connectivity index (χ0n) is 21.2. The molecule has 1 aliphatic rings. The molecule has 2 N–H and O–H groups in total. The zero-order chi connectivity index (χ0) is 27.5. The summed E-state index contributed by atoms with van der Waals surface area (Å²) in [6.45, 7) is 4.08. The largest absolute Gasteiger partial charge is 0.422 e. The fraction of sp³-hybridized carbons (Fsp3) is 0.192. The first-order chi connectivity index (χ1) is 19.5. The molecule has 14 heteroatoms. The third kappa shape index (κ3) is 5.62. The highest BCUT2D eigenvalue weighted by Crippen LogP contribution is 2.29. The predicted octanol–water partition coefficient (Wildman–Crippen LogP) is 3.97. The Kier molecular flexibility index (Phi) is 7.08. The van der Waals surface area contributed by atoms with Gasteiger partial charge in [0.25, 0.3) is 11.1 Å². The Morgan fingerprint density at radius 3 is 2.60 bits per heavy atom. The summed E-state index contributed by atoms with van der Waals surface area (Å²) in [5, 5.41) is 14.5. The van der Waals surface area contributed by atoms with E-state index >= 15 is 0 Å². The van der Waals surface area contributed by atoms with Crippen LogP contribution in [-0.2, 0) is 4.74 Å². The molecule has 40 heavy (non-hydrogen) atoms. The highest BCUT2D eigenvalue weighted by Gasteiger charge is 2.21. The van der Waals surface area contributed by atoms with Crippen LogP contribution in [0, 0.1) is 6.92 Å². The molecule has 0 atom stereocenters. The Bertz CT molecular complexity index is 1750. The van der Waals surface area contributed by atoms with Crippen molar-refractivity contribution in [1.82, 2.24) is 25.1 Å². The Morgan fingerprint density at radius 1 is 0.950 bits per heavy atom. The molecule has 0 spiro atoms. The van der Waals surface area contributed by atoms with E-state index in [2.05, 4.69) is 35.8 Å². The molecule has 0 unspecified atom stereocenters. The topological polar surface area (TPSA) is 161 Å². The van der Waals surface area contributed by atoms with Crippen molar-refractivity contribution in [2.75, 3.05) is 41.8 Å². The molecule has 1 saturated heterocycles. The quantitative estimate of drug-likeness (QED) is 0.289. The number of aromatic nitrogens is 5. The zero-order valence-corrected chi connectivity index (χ0v) is 22.0. The number of benzene rings is 2. The Labute approximate surface area is 231 Å². The van der Waals surface area contributed by atoms with Gasteiger partial charge in [-0.2, -0.15) is 15.0 Å². The maximum atomic E-state index is 12.7. The fourth-order valence-electron chi connectivity index (χ4n) is 3.97. The molecule has 3 aromatic heterocycles. The maximum Gasteiger partial charge on any atom is 0.349 e. The van der Waals surface area contributed by atoms with Gasteiger partial charge >= 0.3 is 11.7 Å². The second-order valence-electron chi connectivity index (χ2n) is 8.70.